The van der Waals surface area contributed by atoms with Crippen LogP contribution in [0, 0.1) is 17.5 Å². The second-order valence-corrected chi connectivity index (χ2v) is 4.29. The van der Waals surface area contributed by atoms with E-state index < -0.39 is 29.2 Å². The molecule has 7 heteroatoms. The third-order valence-electron chi connectivity index (χ3n) is 2.75. The zero-order valence-electron chi connectivity index (χ0n) is 10.4. The van der Waals surface area contributed by atoms with E-state index in [2.05, 4.69) is 5.32 Å². The van der Waals surface area contributed by atoms with Crippen LogP contribution >= 0.6 is 0 Å². The van der Waals surface area contributed by atoms with Crippen molar-refractivity contribution in [2.75, 3.05) is 5.32 Å². The third kappa shape index (κ3) is 3.68. The van der Waals surface area contributed by atoms with E-state index in [4.69, 9.17) is 0 Å². The smallest absolute Gasteiger partial charge is 0.381 e. The Morgan fingerprint density at radius 3 is 2.10 bits per heavy atom. The first-order valence-corrected chi connectivity index (χ1v) is 5.82. The van der Waals surface area contributed by atoms with Crippen LogP contribution in [0.15, 0.2) is 36.4 Å². The lowest BCUT2D eigenvalue weighted by Gasteiger charge is -2.12. The first kappa shape index (κ1) is 15.2. The molecule has 112 valence electrons. The molecule has 1 N–H and O–H groups in total. The molecule has 0 aliphatic rings. The molecule has 2 aromatic carbocycles. The van der Waals surface area contributed by atoms with Gasteiger partial charge in [-0.1, -0.05) is 6.07 Å². The Bertz CT molecular complexity index is 650. The number of rotatable bonds is 3. The molecular formula is C14H9F6N. The molecule has 0 aromatic heterocycles. The van der Waals surface area contributed by atoms with Gasteiger partial charge in [-0.25, -0.2) is 13.2 Å². The number of hydrogen-bond donors (Lipinski definition) is 1. The average molecular weight is 305 g/mol. The van der Waals surface area contributed by atoms with Crippen LogP contribution in [-0.2, 0) is 12.7 Å². The SMILES string of the molecule is Fc1ccc(CNc2ccc(F)c(C(F)(F)F)c2)cc1F. The van der Waals surface area contributed by atoms with Crippen LogP contribution in [0.4, 0.5) is 32.0 Å². The van der Waals surface area contributed by atoms with Gasteiger partial charge in [-0.15, -0.1) is 0 Å². The van der Waals surface area contributed by atoms with Crippen LogP contribution in [0.2, 0.25) is 0 Å². The Labute approximate surface area is 116 Å². The fourth-order valence-electron chi connectivity index (χ4n) is 1.71. The minimum atomic E-state index is -4.80. The van der Waals surface area contributed by atoms with E-state index in [0.29, 0.717) is 17.7 Å². The van der Waals surface area contributed by atoms with Crippen molar-refractivity contribution < 1.29 is 26.3 Å². The number of alkyl halides is 3. The van der Waals surface area contributed by atoms with Crippen LogP contribution < -0.4 is 5.32 Å². The van der Waals surface area contributed by atoms with Crippen molar-refractivity contribution in [3.8, 4) is 0 Å². The van der Waals surface area contributed by atoms with Gasteiger partial charge in [-0.05, 0) is 35.9 Å². The van der Waals surface area contributed by atoms with Crippen molar-refractivity contribution in [1.82, 2.24) is 0 Å². The summed E-state index contributed by atoms with van der Waals surface area (Å²) in [6.07, 6.45) is -4.80. The van der Waals surface area contributed by atoms with E-state index in [-0.39, 0.29) is 12.2 Å². The van der Waals surface area contributed by atoms with Gasteiger partial charge < -0.3 is 5.32 Å². The molecule has 0 spiro atoms. The topological polar surface area (TPSA) is 12.0 Å². The molecule has 0 fully saturated rings. The highest BCUT2D eigenvalue weighted by Gasteiger charge is 2.34. The Morgan fingerprint density at radius 1 is 0.810 bits per heavy atom. The Balaban J connectivity index is 2.15. The van der Waals surface area contributed by atoms with Gasteiger partial charge in [-0.2, -0.15) is 13.2 Å². The summed E-state index contributed by atoms with van der Waals surface area (Å²) in [5.74, 6) is -3.44. The number of halogens is 6. The Hall–Kier alpha value is -2.18. The van der Waals surface area contributed by atoms with Gasteiger partial charge in [0, 0.05) is 12.2 Å². The Morgan fingerprint density at radius 2 is 1.48 bits per heavy atom. The van der Waals surface area contributed by atoms with Gasteiger partial charge >= 0.3 is 6.18 Å². The largest absolute Gasteiger partial charge is 0.419 e. The van der Waals surface area contributed by atoms with Crippen LogP contribution in [0.25, 0.3) is 0 Å². The normalized spacial score (nSPS) is 11.5. The van der Waals surface area contributed by atoms with Crippen molar-refractivity contribution in [1.29, 1.82) is 0 Å². The summed E-state index contributed by atoms with van der Waals surface area (Å²) in [5.41, 5.74) is -1.03. The zero-order chi connectivity index (χ0) is 15.6. The molecule has 0 aliphatic heterocycles. The molecular weight excluding hydrogens is 296 g/mol. The second kappa shape index (κ2) is 5.67. The predicted octanol–water partition coefficient (Wildman–Crippen LogP) is 4.73. The van der Waals surface area contributed by atoms with Gasteiger partial charge in [0.05, 0.1) is 5.56 Å². The molecule has 0 atom stereocenters. The van der Waals surface area contributed by atoms with E-state index in [9.17, 15) is 26.3 Å². The summed E-state index contributed by atoms with van der Waals surface area (Å²) in [5, 5.41) is 2.59. The zero-order valence-corrected chi connectivity index (χ0v) is 10.4. The van der Waals surface area contributed by atoms with Crippen LogP contribution in [0.3, 0.4) is 0 Å². The van der Waals surface area contributed by atoms with Gasteiger partial charge in [0.15, 0.2) is 11.6 Å². The van der Waals surface area contributed by atoms with Crippen LogP contribution in [0.1, 0.15) is 11.1 Å². The van der Waals surface area contributed by atoms with E-state index in [1.165, 1.54) is 6.07 Å². The van der Waals surface area contributed by atoms with Crippen molar-refractivity contribution in [2.24, 2.45) is 0 Å². The van der Waals surface area contributed by atoms with Gasteiger partial charge in [0.1, 0.15) is 5.82 Å². The van der Waals surface area contributed by atoms with Crippen molar-refractivity contribution in [2.45, 2.75) is 12.7 Å². The highest BCUT2D eigenvalue weighted by atomic mass is 19.4. The van der Waals surface area contributed by atoms with Crippen molar-refractivity contribution >= 4 is 5.69 Å². The number of nitrogens with one attached hydrogen (secondary N) is 1. The monoisotopic (exact) mass is 305 g/mol. The number of hydrogen-bond acceptors (Lipinski definition) is 1. The first-order valence-electron chi connectivity index (χ1n) is 5.82. The lowest BCUT2D eigenvalue weighted by atomic mass is 10.1. The minimum absolute atomic E-state index is 0.0217. The van der Waals surface area contributed by atoms with E-state index in [1.807, 2.05) is 0 Å². The number of anilines is 1. The average Bonchev–Trinajstić information content (AvgIpc) is 2.40. The lowest BCUT2D eigenvalue weighted by Crippen LogP contribution is -2.09. The van der Waals surface area contributed by atoms with Crippen LogP contribution in [-0.4, -0.2) is 0 Å². The fourth-order valence-corrected chi connectivity index (χ4v) is 1.71. The molecule has 0 heterocycles. The quantitative estimate of drug-likeness (QED) is 0.808. The summed E-state index contributed by atoms with van der Waals surface area (Å²) in [7, 11) is 0. The fraction of sp³-hybridized carbons (Fsp3) is 0.143. The van der Waals surface area contributed by atoms with Gasteiger partial charge in [0.2, 0.25) is 0 Å². The summed E-state index contributed by atoms with van der Waals surface area (Å²) in [6, 6.07) is 5.57. The summed E-state index contributed by atoms with van der Waals surface area (Å²) >= 11 is 0. The lowest BCUT2D eigenvalue weighted by molar-refractivity contribution is -0.139. The third-order valence-corrected chi connectivity index (χ3v) is 2.75. The predicted molar refractivity (Wildman–Crippen MR) is 65.1 cm³/mol. The molecule has 0 unspecified atom stereocenters. The maximum absolute atomic E-state index is 13.1. The van der Waals surface area contributed by atoms with Crippen molar-refractivity contribution in [3.05, 3.63) is 65.0 Å². The molecule has 0 saturated heterocycles. The highest BCUT2D eigenvalue weighted by Crippen LogP contribution is 2.33. The van der Waals surface area contributed by atoms with Gasteiger partial charge in [0.25, 0.3) is 0 Å². The number of benzene rings is 2. The van der Waals surface area contributed by atoms with E-state index in [1.54, 1.807) is 0 Å². The second-order valence-electron chi connectivity index (χ2n) is 4.29. The van der Waals surface area contributed by atoms with E-state index in [0.717, 1.165) is 18.2 Å². The molecule has 0 radical (unpaired) electrons. The maximum Gasteiger partial charge on any atom is 0.419 e. The molecule has 0 amide bonds. The highest BCUT2D eigenvalue weighted by molar-refractivity contribution is 5.47. The molecule has 1 nitrogen and oxygen atoms in total. The summed E-state index contributed by atoms with van der Waals surface area (Å²) < 4.78 is 76.4. The van der Waals surface area contributed by atoms with Crippen molar-refractivity contribution in [3.63, 3.8) is 0 Å². The van der Waals surface area contributed by atoms with Crippen LogP contribution in [0.5, 0.6) is 0 Å². The molecule has 21 heavy (non-hydrogen) atoms. The minimum Gasteiger partial charge on any atom is -0.381 e. The van der Waals surface area contributed by atoms with E-state index >= 15 is 0 Å². The first-order chi connectivity index (χ1) is 9.77. The summed E-state index contributed by atoms with van der Waals surface area (Å²) in [6.45, 7) is -0.0276. The Kier molecular flexibility index (Phi) is 4.11. The molecule has 2 rings (SSSR count). The standard InChI is InChI=1S/C14H9F6N/c15-11-4-2-9(6-10(11)14(18,19)20)21-7-8-1-3-12(16)13(17)5-8/h1-6,21H,7H2. The molecule has 0 saturated carbocycles. The molecule has 0 bridgehead atoms. The molecule has 0 aliphatic carbocycles. The van der Waals surface area contributed by atoms with Gasteiger partial charge in [-0.3, -0.25) is 0 Å². The maximum atomic E-state index is 13.1. The molecule has 2 aromatic rings. The summed E-state index contributed by atoms with van der Waals surface area (Å²) in [4.78, 5) is 0.